The van der Waals surface area contributed by atoms with Crippen LogP contribution in [0.3, 0.4) is 0 Å². The summed E-state index contributed by atoms with van der Waals surface area (Å²) in [6, 6.07) is 5.55. The second-order valence-electron chi connectivity index (χ2n) is 6.14. The van der Waals surface area contributed by atoms with Gasteiger partial charge in [0, 0.05) is 16.8 Å². The molecule has 0 aliphatic carbocycles. The highest BCUT2D eigenvalue weighted by molar-refractivity contribution is 7.99. The minimum absolute atomic E-state index is 0.0933. The summed E-state index contributed by atoms with van der Waals surface area (Å²) < 4.78 is 23.8. The molecule has 7 nitrogen and oxygen atoms in total. The Labute approximate surface area is 165 Å². The Balaban J connectivity index is 1.99. The Hall–Kier alpha value is -1.75. The average molecular weight is 425 g/mol. The molecule has 0 aliphatic rings. The summed E-state index contributed by atoms with van der Waals surface area (Å²) in [6.07, 6.45) is 2.08. The van der Waals surface area contributed by atoms with Crippen molar-refractivity contribution in [2.24, 2.45) is 5.14 Å². The summed E-state index contributed by atoms with van der Waals surface area (Å²) >= 11 is 2.86. The van der Waals surface area contributed by atoms with Crippen molar-refractivity contribution in [1.29, 1.82) is 0 Å². The highest BCUT2D eigenvalue weighted by Crippen LogP contribution is 2.28. The van der Waals surface area contributed by atoms with Gasteiger partial charge in [-0.3, -0.25) is 14.3 Å². The van der Waals surface area contributed by atoms with E-state index in [4.69, 9.17) is 5.14 Å². The summed E-state index contributed by atoms with van der Waals surface area (Å²) in [5.41, 5.74) is 1.62. The lowest BCUT2D eigenvalue weighted by molar-refractivity contribution is 0.596. The zero-order valence-corrected chi connectivity index (χ0v) is 17.5. The molecule has 144 valence electrons. The van der Waals surface area contributed by atoms with E-state index in [0.717, 1.165) is 16.1 Å². The van der Waals surface area contributed by atoms with Crippen LogP contribution in [0.2, 0.25) is 0 Å². The third-order valence-electron chi connectivity index (χ3n) is 4.10. The summed E-state index contributed by atoms with van der Waals surface area (Å²) in [6.45, 7) is 4.22. The monoisotopic (exact) mass is 424 g/mol. The van der Waals surface area contributed by atoms with Crippen molar-refractivity contribution in [1.82, 2.24) is 14.5 Å². The molecule has 0 amide bonds. The molecule has 3 rings (SSSR count). The maximum absolute atomic E-state index is 13.2. The Morgan fingerprint density at radius 3 is 2.74 bits per heavy atom. The molecule has 0 saturated heterocycles. The fourth-order valence-electron chi connectivity index (χ4n) is 2.64. The highest BCUT2D eigenvalue weighted by atomic mass is 32.2. The first-order valence-electron chi connectivity index (χ1n) is 8.30. The van der Waals surface area contributed by atoms with Gasteiger partial charge in [-0.25, -0.2) is 18.5 Å². The Morgan fingerprint density at radius 2 is 2.07 bits per heavy atom. The van der Waals surface area contributed by atoms with Crippen LogP contribution in [-0.4, -0.2) is 34.5 Å². The molecule has 3 aromatic rings. The van der Waals surface area contributed by atoms with Gasteiger partial charge in [0.25, 0.3) is 5.56 Å². The quantitative estimate of drug-likeness (QED) is 0.354. The summed E-state index contributed by atoms with van der Waals surface area (Å²) in [5.74, 6) is 0.407. The molecule has 27 heavy (non-hydrogen) atoms. The lowest BCUT2D eigenvalue weighted by atomic mass is 10.2. The number of primary sulfonamides is 1. The fourth-order valence-corrected chi connectivity index (χ4v) is 5.37. The van der Waals surface area contributed by atoms with Crippen molar-refractivity contribution < 1.29 is 8.42 Å². The zero-order valence-electron chi connectivity index (χ0n) is 15.0. The predicted octanol–water partition coefficient (Wildman–Crippen LogP) is 2.29. The van der Waals surface area contributed by atoms with Crippen molar-refractivity contribution in [3.05, 3.63) is 50.9 Å². The number of nitrogens with two attached hydrogens (primary N) is 1. The first-order chi connectivity index (χ1) is 12.8. The number of sulfonamides is 1. The van der Waals surface area contributed by atoms with Crippen LogP contribution < -0.4 is 10.7 Å². The number of fused-ring (bicyclic) bond motifs is 1. The number of nitrogens with zero attached hydrogens (tertiary/aromatic N) is 3. The van der Waals surface area contributed by atoms with Crippen LogP contribution in [0.4, 0.5) is 0 Å². The van der Waals surface area contributed by atoms with E-state index in [2.05, 4.69) is 9.97 Å². The first kappa shape index (κ1) is 20.0. The largest absolute Gasteiger partial charge is 0.281 e. The van der Waals surface area contributed by atoms with E-state index >= 15 is 0 Å². The Kier molecular flexibility index (Phi) is 5.99. The lowest BCUT2D eigenvalue weighted by Crippen LogP contribution is -2.24. The van der Waals surface area contributed by atoms with Crippen LogP contribution in [0.25, 0.3) is 10.2 Å². The predicted molar refractivity (Wildman–Crippen MR) is 110 cm³/mol. The number of thiophene rings is 1. The first-order valence-corrected chi connectivity index (χ1v) is 11.8. The molecule has 10 heteroatoms. The molecule has 0 unspecified atom stereocenters. The van der Waals surface area contributed by atoms with Gasteiger partial charge in [-0.2, -0.15) is 0 Å². The third kappa shape index (κ3) is 4.75. The number of rotatable bonds is 7. The minimum Gasteiger partial charge on any atom is -0.281 e. The van der Waals surface area contributed by atoms with Crippen molar-refractivity contribution in [2.75, 3.05) is 11.5 Å². The summed E-state index contributed by atoms with van der Waals surface area (Å²) in [7, 11) is -3.49. The summed E-state index contributed by atoms with van der Waals surface area (Å²) in [5, 5.41) is 6.26. The number of hydrogen-bond acceptors (Lipinski definition) is 7. The van der Waals surface area contributed by atoms with Gasteiger partial charge in [0.1, 0.15) is 4.83 Å². The average Bonchev–Trinajstić information content (AvgIpc) is 2.89. The van der Waals surface area contributed by atoms with E-state index in [1.807, 2.05) is 32.0 Å². The minimum atomic E-state index is -3.49. The van der Waals surface area contributed by atoms with Gasteiger partial charge in [0.05, 0.1) is 23.4 Å². The van der Waals surface area contributed by atoms with Gasteiger partial charge in [-0.15, -0.1) is 11.3 Å². The fraction of sp³-hybridized carbons (Fsp3) is 0.353. The van der Waals surface area contributed by atoms with Crippen molar-refractivity contribution >= 4 is 43.3 Å². The molecule has 3 aromatic heterocycles. The van der Waals surface area contributed by atoms with Gasteiger partial charge in [-0.05, 0) is 38.0 Å². The van der Waals surface area contributed by atoms with Crippen LogP contribution in [-0.2, 0) is 16.6 Å². The molecular formula is C17H20N4O3S3. The van der Waals surface area contributed by atoms with E-state index in [-0.39, 0.29) is 11.3 Å². The van der Waals surface area contributed by atoms with Gasteiger partial charge in [0.2, 0.25) is 10.0 Å². The summed E-state index contributed by atoms with van der Waals surface area (Å²) in [4.78, 5) is 23.9. The van der Waals surface area contributed by atoms with E-state index in [9.17, 15) is 13.2 Å². The molecule has 0 aromatic carbocycles. The van der Waals surface area contributed by atoms with E-state index in [0.29, 0.717) is 34.1 Å². The van der Waals surface area contributed by atoms with Gasteiger partial charge < -0.3 is 0 Å². The van der Waals surface area contributed by atoms with Crippen LogP contribution in [0.1, 0.15) is 22.6 Å². The van der Waals surface area contributed by atoms with Crippen LogP contribution >= 0.6 is 23.1 Å². The number of aryl methyl sites for hydroxylation is 2. The van der Waals surface area contributed by atoms with Gasteiger partial charge >= 0.3 is 0 Å². The topological polar surface area (TPSA) is 108 Å². The normalized spacial score (nSPS) is 12.0. The molecule has 0 saturated carbocycles. The van der Waals surface area contributed by atoms with Crippen molar-refractivity contribution in [2.45, 2.75) is 32.0 Å². The maximum Gasteiger partial charge on any atom is 0.263 e. The highest BCUT2D eigenvalue weighted by Gasteiger charge is 2.17. The molecule has 2 N–H and O–H groups in total. The molecule has 0 atom stereocenters. The molecule has 0 bridgehead atoms. The van der Waals surface area contributed by atoms with Gasteiger partial charge in [0.15, 0.2) is 5.16 Å². The van der Waals surface area contributed by atoms with Gasteiger partial charge in [-0.1, -0.05) is 17.8 Å². The second-order valence-corrected chi connectivity index (χ2v) is 10.1. The maximum atomic E-state index is 13.2. The van der Waals surface area contributed by atoms with Crippen LogP contribution in [0.15, 0.2) is 34.3 Å². The third-order valence-corrected chi connectivity index (χ3v) is 7.13. The van der Waals surface area contributed by atoms with E-state index < -0.39 is 10.0 Å². The lowest BCUT2D eigenvalue weighted by Gasteiger charge is -2.12. The number of hydrogen-bond donors (Lipinski definition) is 1. The molecular weight excluding hydrogens is 404 g/mol. The standard InChI is InChI=1S/C17H20N4O3S3/c1-11-12(2)26-15-14(11)16(22)21(10-13-6-3-4-7-19-13)17(20-15)25-8-5-9-27(18,23)24/h3-4,6-7H,5,8-10H2,1-2H3,(H2,18,23,24). The number of thioether (sulfide) groups is 1. The van der Waals surface area contributed by atoms with Crippen LogP contribution in [0.5, 0.6) is 0 Å². The Morgan fingerprint density at radius 1 is 1.30 bits per heavy atom. The van der Waals surface area contributed by atoms with E-state index in [1.165, 1.54) is 23.1 Å². The molecule has 0 aliphatic heterocycles. The number of aromatic nitrogens is 3. The number of pyridine rings is 1. The molecule has 0 fully saturated rings. The van der Waals surface area contributed by atoms with Crippen molar-refractivity contribution in [3.63, 3.8) is 0 Å². The smallest absolute Gasteiger partial charge is 0.263 e. The SMILES string of the molecule is Cc1sc2nc(SCCCS(N)(=O)=O)n(Cc3ccccn3)c(=O)c2c1C. The second kappa shape index (κ2) is 8.09. The molecule has 3 heterocycles. The van der Waals surface area contributed by atoms with Crippen molar-refractivity contribution in [3.8, 4) is 0 Å². The Bertz CT molecular complexity index is 1120. The molecule has 0 spiro atoms. The molecule has 0 radical (unpaired) electrons. The van der Waals surface area contributed by atoms with E-state index in [1.54, 1.807) is 10.8 Å². The zero-order chi connectivity index (χ0) is 19.6. The van der Waals surface area contributed by atoms with Crippen LogP contribution in [0, 0.1) is 13.8 Å².